The molecular weight excluding hydrogens is 144 g/mol. The van der Waals surface area contributed by atoms with E-state index in [-0.39, 0.29) is 6.61 Å². The highest BCUT2D eigenvalue weighted by atomic mass is 16.5. The lowest BCUT2D eigenvalue weighted by atomic mass is 10.1. The number of hydrogen-bond acceptors (Lipinski definition) is 2. The summed E-state index contributed by atoms with van der Waals surface area (Å²) in [4.78, 5) is 10.7. The highest BCUT2D eigenvalue weighted by molar-refractivity contribution is 5.78. The molecular formula is C8H11O3. The van der Waals surface area contributed by atoms with E-state index in [4.69, 9.17) is 0 Å². The van der Waals surface area contributed by atoms with Crippen molar-refractivity contribution in [1.82, 2.24) is 0 Å². The molecule has 0 saturated heterocycles. The lowest BCUT2D eigenvalue weighted by Gasteiger charge is -2.10. The third kappa shape index (κ3) is 4.40. The van der Waals surface area contributed by atoms with Gasteiger partial charge in [-0.05, 0) is 20.8 Å². The van der Waals surface area contributed by atoms with Gasteiger partial charge in [0.1, 0.15) is 0 Å². The van der Waals surface area contributed by atoms with Crippen molar-refractivity contribution in [1.29, 1.82) is 0 Å². The minimum absolute atomic E-state index is 0.000995. The highest BCUT2D eigenvalue weighted by Gasteiger charge is 2.27. The Hall–Kier alpha value is -1.01. The van der Waals surface area contributed by atoms with Crippen LogP contribution in [0, 0.1) is 11.8 Å². The Morgan fingerprint density at radius 3 is 2.45 bits per heavy atom. The summed E-state index contributed by atoms with van der Waals surface area (Å²) in [7, 11) is 0. The van der Waals surface area contributed by atoms with Gasteiger partial charge in [0.05, 0.1) is 0 Å². The molecule has 0 heterocycles. The molecule has 0 rings (SSSR count). The van der Waals surface area contributed by atoms with E-state index >= 15 is 0 Å². The Morgan fingerprint density at radius 1 is 1.55 bits per heavy atom. The van der Waals surface area contributed by atoms with Crippen molar-refractivity contribution in [2.45, 2.75) is 26.4 Å². The topological polar surface area (TPSA) is 46.2 Å². The highest BCUT2D eigenvalue weighted by Crippen LogP contribution is 2.03. The van der Waals surface area contributed by atoms with Crippen molar-refractivity contribution in [2.24, 2.45) is 0 Å². The largest absolute Gasteiger partial charge is 0.450 e. The first-order valence-corrected chi connectivity index (χ1v) is 3.25. The van der Waals surface area contributed by atoms with E-state index in [1.807, 2.05) is 0 Å². The zero-order valence-electron chi connectivity index (χ0n) is 6.93. The lowest BCUT2D eigenvalue weighted by Crippen LogP contribution is -2.31. The van der Waals surface area contributed by atoms with Crippen molar-refractivity contribution in [3.63, 3.8) is 0 Å². The fourth-order valence-corrected chi connectivity index (χ4v) is 0.348. The van der Waals surface area contributed by atoms with Gasteiger partial charge in [0.25, 0.3) is 0 Å². The molecule has 61 valence electrons. The Kier molecular flexibility index (Phi) is 3.63. The van der Waals surface area contributed by atoms with Crippen LogP contribution in [0.1, 0.15) is 20.8 Å². The summed E-state index contributed by atoms with van der Waals surface area (Å²) in [5.41, 5.74) is -1.67. The van der Waals surface area contributed by atoms with Crippen molar-refractivity contribution in [3.05, 3.63) is 0 Å². The molecule has 0 spiro atoms. The summed E-state index contributed by atoms with van der Waals surface area (Å²) in [5, 5.41) is 10.9. The lowest BCUT2D eigenvalue weighted by molar-refractivity contribution is -0.166. The number of esters is 1. The molecule has 0 unspecified atom stereocenters. The van der Waals surface area contributed by atoms with Crippen LogP contribution in [-0.2, 0) is 14.6 Å². The van der Waals surface area contributed by atoms with Crippen LogP contribution in [0.15, 0.2) is 0 Å². The molecule has 1 radical (unpaired) electrons. The number of carbonyl (C=O) groups is 1. The van der Waals surface area contributed by atoms with Gasteiger partial charge in [-0.3, -0.25) is 0 Å². The van der Waals surface area contributed by atoms with Crippen LogP contribution in [0.2, 0.25) is 0 Å². The maximum absolute atomic E-state index is 10.9. The van der Waals surface area contributed by atoms with E-state index in [1.54, 1.807) is 6.92 Å². The fourth-order valence-electron chi connectivity index (χ4n) is 0.348. The summed E-state index contributed by atoms with van der Waals surface area (Å²) >= 11 is 0. The standard InChI is InChI=1S/C8H11O3/c1-4-5-6-11-7(9)8(2,3)10/h6H2,1-3H3. The van der Waals surface area contributed by atoms with E-state index < -0.39 is 11.6 Å². The molecule has 0 aromatic heterocycles. The minimum atomic E-state index is -1.67. The van der Waals surface area contributed by atoms with E-state index in [2.05, 4.69) is 16.6 Å². The van der Waals surface area contributed by atoms with Crippen molar-refractivity contribution in [2.75, 3.05) is 6.61 Å². The molecule has 0 N–H and O–H groups in total. The first kappa shape index (κ1) is 9.99. The zero-order chi connectivity index (χ0) is 8.91. The zero-order valence-corrected chi connectivity index (χ0v) is 6.93. The average Bonchev–Trinajstić information content (AvgIpc) is 1.86. The van der Waals surface area contributed by atoms with Gasteiger partial charge < -0.3 is 4.74 Å². The molecule has 3 heteroatoms. The van der Waals surface area contributed by atoms with Crippen LogP contribution in [0.25, 0.3) is 0 Å². The summed E-state index contributed by atoms with van der Waals surface area (Å²) in [5.74, 6) is 4.30. The molecule has 0 saturated carbocycles. The maximum atomic E-state index is 10.9. The summed E-state index contributed by atoms with van der Waals surface area (Å²) in [6.45, 7) is 4.15. The third-order valence-electron chi connectivity index (χ3n) is 0.944. The van der Waals surface area contributed by atoms with Crippen LogP contribution in [0.5, 0.6) is 0 Å². The van der Waals surface area contributed by atoms with Gasteiger partial charge in [0.15, 0.2) is 12.2 Å². The van der Waals surface area contributed by atoms with E-state index in [0.29, 0.717) is 0 Å². The van der Waals surface area contributed by atoms with E-state index in [1.165, 1.54) is 13.8 Å². The first-order valence-electron chi connectivity index (χ1n) is 3.25. The van der Waals surface area contributed by atoms with E-state index in [0.717, 1.165) is 0 Å². The van der Waals surface area contributed by atoms with Crippen LogP contribution in [-0.4, -0.2) is 18.2 Å². The smallest absolute Gasteiger partial charge is 0.342 e. The van der Waals surface area contributed by atoms with Gasteiger partial charge in [-0.1, -0.05) is 5.92 Å². The maximum Gasteiger partial charge on any atom is 0.342 e. The van der Waals surface area contributed by atoms with Crippen LogP contribution >= 0.6 is 0 Å². The van der Waals surface area contributed by atoms with Gasteiger partial charge in [-0.2, -0.15) is 0 Å². The number of hydrogen-bond donors (Lipinski definition) is 0. The number of carbonyl (C=O) groups excluding carboxylic acids is 1. The van der Waals surface area contributed by atoms with Gasteiger partial charge in [0, 0.05) is 0 Å². The fraction of sp³-hybridized carbons (Fsp3) is 0.625. The second-order valence-corrected chi connectivity index (χ2v) is 2.51. The SMILES string of the molecule is CC#CCOC(=O)C(C)(C)[O]. The van der Waals surface area contributed by atoms with Crippen molar-refractivity contribution in [3.8, 4) is 11.8 Å². The monoisotopic (exact) mass is 155 g/mol. The molecule has 0 aliphatic rings. The molecule has 0 aromatic carbocycles. The van der Waals surface area contributed by atoms with Gasteiger partial charge in [-0.25, -0.2) is 9.90 Å². The molecule has 0 fully saturated rings. The molecule has 0 aromatic rings. The first-order chi connectivity index (χ1) is 4.98. The molecule has 0 aliphatic carbocycles. The van der Waals surface area contributed by atoms with Crippen LogP contribution in [0.4, 0.5) is 0 Å². The van der Waals surface area contributed by atoms with Gasteiger partial charge in [0.2, 0.25) is 0 Å². The predicted octanol–water partition coefficient (Wildman–Crippen LogP) is 0.762. The second-order valence-electron chi connectivity index (χ2n) is 2.51. The molecule has 3 nitrogen and oxygen atoms in total. The molecule has 0 amide bonds. The summed E-state index contributed by atoms with van der Waals surface area (Å²) in [6, 6.07) is 0. The normalized spacial score (nSPS) is 9.82. The summed E-state index contributed by atoms with van der Waals surface area (Å²) < 4.78 is 4.52. The van der Waals surface area contributed by atoms with Crippen LogP contribution < -0.4 is 0 Å². The van der Waals surface area contributed by atoms with E-state index in [9.17, 15) is 9.90 Å². The predicted molar refractivity (Wildman–Crippen MR) is 39.2 cm³/mol. The Bertz CT molecular complexity index is 190. The molecule has 0 bridgehead atoms. The summed E-state index contributed by atoms with van der Waals surface area (Å²) in [6.07, 6.45) is 0. The number of rotatable bonds is 2. The van der Waals surface area contributed by atoms with Gasteiger partial charge >= 0.3 is 5.97 Å². The molecule has 0 aliphatic heterocycles. The van der Waals surface area contributed by atoms with Gasteiger partial charge in [-0.15, -0.1) is 5.92 Å². The third-order valence-corrected chi connectivity index (χ3v) is 0.944. The second kappa shape index (κ2) is 3.99. The molecule has 11 heavy (non-hydrogen) atoms. The van der Waals surface area contributed by atoms with Crippen molar-refractivity contribution >= 4 is 5.97 Å². The van der Waals surface area contributed by atoms with Crippen molar-refractivity contribution < 1.29 is 14.6 Å². The quantitative estimate of drug-likeness (QED) is 0.436. The Labute approximate surface area is 66.4 Å². The van der Waals surface area contributed by atoms with Crippen LogP contribution in [0.3, 0.4) is 0 Å². The average molecular weight is 155 g/mol. The Morgan fingerprint density at radius 2 is 2.09 bits per heavy atom. The number of ether oxygens (including phenoxy) is 1. The minimum Gasteiger partial charge on any atom is -0.450 e. The Balaban J connectivity index is 3.77. The molecule has 0 atom stereocenters.